The lowest BCUT2D eigenvalue weighted by atomic mass is 10.2. The summed E-state index contributed by atoms with van der Waals surface area (Å²) in [6.45, 7) is 1.51. The van der Waals surface area contributed by atoms with Crippen molar-refractivity contribution >= 4 is 23.1 Å². The number of carbonyl (C=O) groups is 1. The Balaban J connectivity index is 2.18. The van der Waals surface area contributed by atoms with Gasteiger partial charge in [-0.2, -0.15) is 0 Å². The summed E-state index contributed by atoms with van der Waals surface area (Å²) >= 11 is 0. The molecule has 2 aliphatic heterocycles. The lowest BCUT2D eigenvalue weighted by Crippen LogP contribution is -2.41. The molecular weight excluding hydrogens is 178 g/mol. The molecule has 0 atom stereocenters. The maximum absolute atomic E-state index is 11.6. The third-order valence-corrected chi connectivity index (χ3v) is 2.49. The van der Waals surface area contributed by atoms with E-state index in [0.29, 0.717) is 12.4 Å². The molecule has 0 radical (unpaired) electrons. The number of hydrogen-bond acceptors (Lipinski definition) is 3. The topological polar surface area (TPSA) is 44.7 Å². The first kappa shape index (κ1) is 7.55. The second-order valence-electron chi connectivity index (χ2n) is 3.33. The summed E-state index contributed by atoms with van der Waals surface area (Å²) in [4.78, 5) is 17.7. The average Bonchev–Trinajstić information content (AvgIpc) is 2.67. The van der Waals surface area contributed by atoms with Crippen LogP contribution < -0.4 is 10.2 Å². The summed E-state index contributed by atoms with van der Waals surface area (Å²) in [6, 6.07) is 7.78. The Labute approximate surface area is 81.2 Å². The van der Waals surface area contributed by atoms with E-state index < -0.39 is 0 Å². The number of fused-ring (bicyclic) bond motifs is 3. The van der Waals surface area contributed by atoms with Crippen molar-refractivity contribution in [1.29, 1.82) is 0 Å². The van der Waals surface area contributed by atoms with Crippen molar-refractivity contribution in [2.24, 2.45) is 4.99 Å². The third-order valence-electron chi connectivity index (χ3n) is 2.49. The van der Waals surface area contributed by atoms with Crippen LogP contribution in [0.5, 0.6) is 0 Å². The molecule has 2 heterocycles. The van der Waals surface area contributed by atoms with Gasteiger partial charge in [0, 0.05) is 6.54 Å². The van der Waals surface area contributed by atoms with Gasteiger partial charge >= 0.3 is 0 Å². The molecule has 70 valence electrons. The van der Waals surface area contributed by atoms with Gasteiger partial charge in [-0.25, -0.2) is 0 Å². The SMILES string of the molecule is O=C1Nc2ccccc2N2CCN=C12. The maximum Gasteiger partial charge on any atom is 0.291 e. The highest BCUT2D eigenvalue weighted by Crippen LogP contribution is 2.30. The van der Waals surface area contributed by atoms with Gasteiger partial charge in [-0.1, -0.05) is 12.1 Å². The van der Waals surface area contributed by atoms with Crippen LogP contribution in [-0.2, 0) is 4.79 Å². The van der Waals surface area contributed by atoms with Crippen LogP contribution in [0.4, 0.5) is 11.4 Å². The van der Waals surface area contributed by atoms with Gasteiger partial charge in [0.25, 0.3) is 5.91 Å². The molecule has 0 spiro atoms. The zero-order chi connectivity index (χ0) is 9.54. The van der Waals surface area contributed by atoms with E-state index in [0.717, 1.165) is 17.9 Å². The summed E-state index contributed by atoms with van der Waals surface area (Å²) < 4.78 is 0. The van der Waals surface area contributed by atoms with Crippen LogP contribution in [-0.4, -0.2) is 24.8 Å². The molecule has 1 amide bonds. The molecule has 1 aromatic carbocycles. The quantitative estimate of drug-likeness (QED) is 0.654. The fraction of sp³-hybridized carbons (Fsp3) is 0.200. The molecule has 2 aliphatic rings. The van der Waals surface area contributed by atoms with Crippen molar-refractivity contribution in [3.05, 3.63) is 24.3 Å². The highest BCUT2D eigenvalue weighted by atomic mass is 16.2. The summed E-state index contributed by atoms with van der Waals surface area (Å²) in [5.74, 6) is 0.449. The summed E-state index contributed by atoms with van der Waals surface area (Å²) in [7, 11) is 0. The first-order valence-electron chi connectivity index (χ1n) is 4.58. The molecule has 0 bridgehead atoms. The zero-order valence-corrected chi connectivity index (χ0v) is 7.53. The number of amides is 1. The number of nitrogens with one attached hydrogen (secondary N) is 1. The predicted molar refractivity (Wildman–Crippen MR) is 54.7 cm³/mol. The van der Waals surface area contributed by atoms with E-state index in [1.165, 1.54) is 0 Å². The Morgan fingerprint density at radius 2 is 2.21 bits per heavy atom. The Hall–Kier alpha value is -1.84. The molecular formula is C10H9N3O. The fourth-order valence-corrected chi connectivity index (χ4v) is 1.87. The minimum absolute atomic E-state index is 0.0961. The largest absolute Gasteiger partial charge is 0.318 e. The molecule has 3 rings (SSSR count). The smallest absolute Gasteiger partial charge is 0.291 e. The Morgan fingerprint density at radius 3 is 3.14 bits per heavy atom. The van der Waals surface area contributed by atoms with Gasteiger partial charge in [0.05, 0.1) is 17.9 Å². The second-order valence-corrected chi connectivity index (χ2v) is 3.33. The molecule has 14 heavy (non-hydrogen) atoms. The van der Waals surface area contributed by atoms with E-state index in [9.17, 15) is 4.79 Å². The number of nitrogens with zero attached hydrogens (tertiary/aromatic N) is 2. The number of benzene rings is 1. The monoisotopic (exact) mass is 187 g/mol. The standard InChI is InChI=1S/C10H9N3O/c14-10-9-11-5-6-13(9)8-4-2-1-3-7(8)12-10/h1-4H,5-6H2,(H,12,14). The molecule has 0 saturated heterocycles. The van der Waals surface area contributed by atoms with Crippen molar-refractivity contribution in [1.82, 2.24) is 0 Å². The first-order chi connectivity index (χ1) is 6.86. The van der Waals surface area contributed by atoms with Gasteiger partial charge in [-0.3, -0.25) is 9.79 Å². The predicted octanol–water partition coefficient (Wildman–Crippen LogP) is 0.857. The lowest BCUT2D eigenvalue weighted by molar-refractivity contribution is -0.110. The van der Waals surface area contributed by atoms with E-state index in [4.69, 9.17) is 0 Å². The number of amidine groups is 1. The first-order valence-corrected chi connectivity index (χ1v) is 4.58. The van der Waals surface area contributed by atoms with Crippen LogP contribution >= 0.6 is 0 Å². The maximum atomic E-state index is 11.6. The minimum Gasteiger partial charge on any atom is -0.318 e. The number of carbonyl (C=O) groups excluding carboxylic acids is 1. The highest BCUT2D eigenvalue weighted by Gasteiger charge is 2.31. The molecule has 1 aromatic rings. The van der Waals surface area contributed by atoms with E-state index >= 15 is 0 Å². The summed E-state index contributed by atoms with van der Waals surface area (Å²) in [5, 5.41) is 2.82. The average molecular weight is 187 g/mol. The molecule has 0 unspecified atom stereocenters. The van der Waals surface area contributed by atoms with E-state index in [2.05, 4.69) is 10.3 Å². The minimum atomic E-state index is -0.0961. The van der Waals surface area contributed by atoms with Crippen LogP contribution in [0.1, 0.15) is 0 Å². The van der Waals surface area contributed by atoms with Crippen LogP contribution in [0.2, 0.25) is 0 Å². The van der Waals surface area contributed by atoms with E-state index in [-0.39, 0.29) is 5.91 Å². The van der Waals surface area contributed by atoms with Crippen molar-refractivity contribution < 1.29 is 4.79 Å². The normalized spacial score (nSPS) is 18.4. The van der Waals surface area contributed by atoms with Crippen molar-refractivity contribution in [3.8, 4) is 0 Å². The Morgan fingerprint density at radius 1 is 1.36 bits per heavy atom. The summed E-state index contributed by atoms with van der Waals surface area (Å²) in [5.41, 5.74) is 1.92. The number of aliphatic imine (C=N–C) groups is 1. The molecule has 0 saturated carbocycles. The van der Waals surface area contributed by atoms with Gasteiger partial charge in [0.15, 0.2) is 5.84 Å². The Bertz CT molecular complexity index is 439. The van der Waals surface area contributed by atoms with Gasteiger partial charge in [-0.15, -0.1) is 0 Å². The molecule has 0 aromatic heterocycles. The fourth-order valence-electron chi connectivity index (χ4n) is 1.87. The number of rotatable bonds is 0. The number of anilines is 2. The number of para-hydroxylation sites is 2. The lowest BCUT2D eigenvalue weighted by Gasteiger charge is -2.27. The molecule has 0 fully saturated rings. The molecule has 1 N–H and O–H groups in total. The van der Waals surface area contributed by atoms with Gasteiger partial charge in [0.1, 0.15) is 0 Å². The van der Waals surface area contributed by atoms with Crippen LogP contribution in [0, 0.1) is 0 Å². The van der Waals surface area contributed by atoms with Gasteiger partial charge in [-0.05, 0) is 12.1 Å². The highest BCUT2D eigenvalue weighted by molar-refractivity contribution is 6.49. The second kappa shape index (κ2) is 2.57. The van der Waals surface area contributed by atoms with Gasteiger partial charge in [0.2, 0.25) is 0 Å². The molecule has 0 aliphatic carbocycles. The van der Waals surface area contributed by atoms with E-state index in [1.807, 2.05) is 29.2 Å². The van der Waals surface area contributed by atoms with Crippen LogP contribution in [0.25, 0.3) is 0 Å². The van der Waals surface area contributed by atoms with E-state index in [1.54, 1.807) is 0 Å². The zero-order valence-electron chi connectivity index (χ0n) is 7.53. The van der Waals surface area contributed by atoms with Crippen molar-refractivity contribution in [3.63, 3.8) is 0 Å². The number of hydrogen-bond donors (Lipinski definition) is 1. The summed E-state index contributed by atoms with van der Waals surface area (Å²) in [6.07, 6.45) is 0. The van der Waals surface area contributed by atoms with Crippen molar-refractivity contribution in [2.45, 2.75) is 0 Å². The third kappa shape index (κ3) is 0.878. The van der Waals surface area contributed by atoms with Crippen LogP contribution in [0.15, 0.2) is 29.3 Å². The van der Waals surface area contributed by atoms with Gasteiger partial charge < -0.3 is 10.2 Å². The molecule has 4 nitrogen and oxygen atoms in total. The van der Waals surface area contributed by atoms with Crippen LogP contribution in [0.3, 0.4) is 0 Å². The Kier molecular flexibility index (Phi) is 1.39. The van der Waals surface area contributed by atoms with Crippen molar-refractivity contribution in [2.75, 3.05) is 23.3 Å². The molecule has 4 heteroatoms.